The van der Waals surface area contributed by atoms with Gasteiger partial charge in [-0.25, -0.2) is 0 Å². The minimum Gasteiger partial charge on any atom is -0.309 e. The molecule has 0 radical (unpaired) electrons. The Morgan fingerprint density at radius 2 is 1.64 bits per heavy atom. The number of hydrogen-bond acceptors (Lipinski definition) is 1. The number of rotatable bonds is 0. The molecule has 3 saturated carbocycles. The van der Waals surface area contributed by atoms with Gasteiger partial charge < -0.3 is 5.41 Å². The standard InChI is InChI=1S/C10H15N/c11-8-7-10(8)4-2-1-3-9(10)5-6-9/h11H,1-7H2/t10-/m0/s1. The molecular weight excluding hydrogens is 134 g/mol. The van der Waals surface area contributed by atoms with E-state index in [1.54, 1.807) is 0 Å². The van der Waals surface area contributed by atoms with Gasteiger partial charge in [-0.3, -0.25) is 0 Å². The van der Waals surface area contributed by atoms with Crippen LogP contribution in [0.2, 0.25) is 0 Å². The zero-order valence-corrected chi connectivity index (χ0v) is 6.95. The van der Waals surface area contributed by atoms with E-state index < -0.39 is 0 Å². The first kappa shape index (κ1) is 6.22. The molecule has 11 heavy (non-hydrogen) atoms. The van der Waals surface area contributed by atoms with Crippen LogP contribution in [0.4, 0.5) is 0 Å². The Labute approximate surface area is 67.7 Å². The molecule has 1 atom stereocenters. The SMILES string of the molecule is N=C1C[C@@]12CCCCC21CC1. The van der Waals surface area contributed by atoms with E-state index in [9.17, 15) is 0 Å². The molecule has 0 aliphatic heterocycles. The smallest absolute Gasteiger partial charge is 0.0188 e. The van der Waals surface area contributed by atoms with Gasteiger partial charge in [-0.1, -0.05) is 12.8 Å². The molecule has 0 saturated heterocycles. The molecule has 0 aromatic heterocycles. The summed E-state index contributed by atoms with van der Waals surface area (Å²) in [4.78, 5) is 0. The van der Waals surface area contributed by atoms with Gasteiger partial charge in [0.25, 0.3) is 0 Å². The molecule has 1 heteroatoms. The van der Waals surface area contributed by atoms with Crippen LogP contribution >= 0.6 is 0 Å². The lowest BCUT2D eigenvalue weighted by molar-refractivity contribution is 0.213. The molecule has 1 nitrogen and oxygen atoms in total. The van der Waals surface area contributed by atoms with Crippen LogP contribution < -0.4 is 0 Å². The van der Waals surface area contributed by atoms with Gasteiger partial charge in [-0.15, -0.1) is 0 Å². The monoisotopic (exact) mass is 149 g/mol. The highest BCUT2D eigenvalue weighted by atomic mass is 14.8. The van der Waals surface area contributed by atoms with E-state index in [-0.39, 0.29) is 0 Å². The maximum atomic E-state index is 7.75. The Bertz CT molecular complexity index is 227. The molecule has 0 unspecified atom stereocenters. The molecule has 3 fully saturated rings. The Hall–Kier alpha value is -0.330. The predicted molar refractivity (Wildman–Crippen MR) is 44.9 cm³/mol. The summed E-state index contributed by atoms with van der Waals surface area (Å²) in [5.41, 5.74) is 2.25. The minimum atomic E-state index is 0.477. The summed E-state index contributed by atoms with van der Waals surface area (Å²) in [5, 5.41) is 7.75. The highest BCUT2D eigenvalue weighted by molar-refractivity contribution is 6.04. The summed E-state index contributed by atoms with van der Waals surface area (Å²) in [5.74, 6) is 0. The van der Waals surface area contributed by atoms with E-state index in [2.05, 4.69) is 0 Å². The third-order valence-electron chi connectivity index (χ3n) is 4.31. The van der Waals surface area contributed by atoms with Crippen molar-refractivity contribution in [2.75, 3.05) is 0 Å². The first-order valence-electron chi connectivity index (χ1n) is 4.87. The van der Waals surface area contributed by atoms with Crippen molar-refractivity contribution in [1.82, 2.24) is 0 Å². The molecule has 0 aromatic carbocycles. The molecule has 1 N–H and O–H groups in total. The second-order valence-electron chi connectivity index (χ2n) is 4.72. The van der Waals surface area contributed by atoms with Gasteiger partial charge in [0.1, 0.15) is 0 Å². The third kappa shape index (κ3) is 0.567. The van der Waals surface area contributed by atoms with Gasteiger partial charge in [0.15, 0.2) is 0 Å². The van der Waals surface area contributed by atoms with E-state index in [1.807, 2.05) is 0 Å². The van der Waals surface area contributed by atoms with Crippen LogP contribution in [0.15, 0.2) is 0 Å². The summed E-state index contributed by atoms with van der Waals surface area (Å²) < 4.78 is 0. The topological polar surface area (TPSA) is 23.9 Å². The lowest BCUT2D eigenvalue weighted by Crippen LogP contribution is -2.24. The second kappa shape index (κ2) is 1.55. The molecule has 3 aliphatic carbocycles. The Morgan fingerprint density at radius 1 is 1.00 bits per heavy atom. The third-order valence-corrected chi connectivity index (χ3v) is 4.31. The average Bonchev–Trinajstić information content (AvgIpc) is 2.84. The van der Waals surface area contributed by atoms with Crippen LogP contribution in [-0.2, 0) is 0 Å². The van der Waals surface area contributed by atoms with Crippen molar-refractivity contribution in [2.45, 2.75) is 44.9 Å². The van der Waals surface area contributed by atoms with Crippen LogP contribution in [0.5, 0.6) is 0 Å². The van der Waals surface area contributed by atoms with E-state index in [0.717, 1.165) is 12.1 Å². The highest BCUT2D eigenvalue weighted by Gasteiger charge is 2.68. The van der Waals surface area contributed by atoms with E-state index in [0.29, 0.717) is 10.8 Å². The fourth-order valence-corrected chi connectivity index (χ4v) is 3.28. The molecule has 0 aromatic rings. The summed E-state index contributed by atoms with van der Waals surface area (Å²) in [7, 11) is 0. The van der Waals surface area contributed by atoms with Crippen LogP contribution in [0, 0.1) is 16.2 Å². The van der Waals surface area contributed by atoms with Crippen molar-refractivity contribution in [1.29, 1.82) is 5.41 Å². The average molecular weight is 149 g/mol. The number of nitrogens with one attached hydrogen (secondary N) is 1. The van der Waals surface area contributed by atoms with Crippen molar-refractivity contribution >= 4 is 5.71 Å². The number of hydrogen-bond donors (Lipinski definition) is 1. The lowest BCUT2D eigenvalue weighted by Gasteiger charge is -2.30. The summed E-state index contributed by atoms with van der Waals surface area (Å²) in [6.07, 6.45) is 9.66. The summed E-state index contributed by atoms with van der Waals surface area (Å²) >= 11 is 0. The fourth-order valence-electron chi connectivity index (χ4n) is 3.28. The molecule has 3 aliphatic rings. The molecule has 0 amide bonds. The normalized spacial score (nSPS) is 44.9. The number of fused-ring (bicyclic) bond motifs is 1. The molecule has 0 heterocycles. The Balaban J connectivity index is 1.96. The van der Waals surface area contributed by atoms with E-state index >= 15 is 0 Å². The summed E-state index contributed by atoms with van der Waals surface area (Å²) in [6.45, 7) is 0. The molecule has 60 valence electrons. The van der Waals surface area contributed by atoms with Crippen molar-refractivity contribution in [2.24, 2.45) is 10.8 Å². The lowest BCUT2D eigenvalue weighted by atomic mass is 9.73. The molecular formula is C10H15N. The van der Waals surface area contributed by atoms with Gasteiger partial charge in [-0.05, 0) is 37.5 Å². The van der Waals surface area contributed by atoms with Gasteiger partial charge in [0.05, 0.1) is 0 Å². The minimum absolute atomic E-state index is 0.477. The first-order chi connectivity index (χ1) is 5.29. The largest absolute Gasteiger partial charge is 0.309 e. The first-order valence-corrected chi connectivity index (χ1v) is 4.87. The van der Waals surface area contributed by atoms with Crippen LogP contribution in [0.3, 0.4) is 0 Å². The Morgan fingerprint density at radius 3 is 2.09 bits per heavy atom. The fraction of sp³-hybridized carbons (Fsp3) is 0.900. The van der Waals surface area contributed by atoms with E-state index in [4.69, 9.17) is 5.41 Å². The molecule has 3 rings (SSSR count). The van der Waals surface area contributed by atoms with Crippen molar-refractivity contribution in [3.05, 3.63) is 0 Å². The quantitative estimate of drug-likeness (QED) is 0.547. The van der Waals surface area contributed by atoms with Crippen molar-refractivity contribution in [3.8, 4) is 0 Å². The maximum Gasteiger partial charge on any atom is 0.0188 e. The zero-order chi connectivity index (χ0) is 7.53. The van der Waals surface area contributed by atoms with E-state index in [1.165, 1.54) is 38.5 Å². The van der Waals surface area contributed by atoms with Crippen molar-refractivity contribution < 1.29 is 0 Å². The molecule has 2 spiro atoms. The van der Waals surface area contributed by atoms with Crippen LogP contribution in [0.25, 0.3) is 0 Å². The highest BCUT2D eigenvalue weighted by Crippen LogP contribution is 2.74. The Kier molecular flexibility index (Phi) is 0.875. The summed E-state index contributed by atoms with van der Waals surface area (Å²) in [6, 6.07) is 0. The van der Waals surface area contributed by atoms with Crippen LogP contribution in [-0.4, -0.2) is 5.71 Å². The zero-order valence-electron chi connectivity index (χ0n) is 6.95. The van der Waals surface area contributed by atoms with Crippen molar-refractivity contribution in [3.63, 3.8) is 0 Å². The van der Waals surface area contributed by atoms with Gasteiger partial charge in [0, 0.05) is 11.1 Å². The van der Waals surface area contributed by atoms with Crippen LogP contribution in [0.1, 0.15) is 44.9 Å². The van der Waals surface area contributed by atoms with Gasteiger partial charge >= 0.3 is 0 Å². The van der Waals surface area contributed by atoms with Gasteiger partial charge in [-0.2, -0.15) is 0 Å². The predicted octanol–water partition coefficient (Wildman–Crippen LogP) is 2.75. The molecule has 0 bridgehead atoms. The van der Waals surface area contributed by atoms with Gasteiger partial charge in [0.2, 0.25) is 0 Å². The second-order valence-corrected chi connectivity index (χ2v) is 4.72. The maximum absolute atomic E-state index is 7.75.